The molecule has 3 N–H and O–H groups in total. The first-order valence-corrected chi connectivity index (χ1v) is 14.8. The Labute approximate surface area is 255 Å². The molecule has 12 nitrogen and oxygen atoms in total. The van der Waals surface area contributed by atoms with Gasteiger partial charge in [0.05, 0.1) is 41.3 Å². The minimum Gasteiger partial charge on any atom is -0.458 e. The number of aliphatic hydroxyl groups is 3. The van der Waals surface area contributed by atoms with E-state index >= 15 is 0 Å². The van der Waals surface area contributed by atoms with Crippen LogP contribution in [0.1, 0.15) is 71.2 Å². The number of hydrogen-bond acceptors (Lipinski definition) is 12. The minimum atomic E-state index is -1.88. The summed E-state index contributed by atoms with van der Waals surface area (Å²) in [5.41, 5.74) is -6.27. The van der Waals surface area contributed by atoms with Gasteiger partial charge in [0.2, 0.25) is 0 Å². The van der Waals surface area contributed by atoms with E-state index in [4.69, 9.17) is 23.7 Å². The predicted octanol–water partition coefficient (Wildman–Crippen LogP) is 1.77. The van der Waals surface area contributed by atoms with E-state index in [1.165, 1.54) is 27.7 Å². The van der Waals surface area contributed by atoms with Gasteiger partial charge in [-0.15, -0.1) is 0 Å². The van der Waals surface area contributed by atoms with Crippen molar-refractivity contribution in [3.63, 3.8) is 0 Å². The molecule has 44 heavy (non-hydrogen) atoms. The van der Waals surface area contributed by atoms with Crippen molar-refractivity contribution in [2.75, 3.05) is 6.61 Å². The Balaban J connectivity index is 1.85. The molecular formula is C32H40O12. The number of hydrogen-bond donors (Lipinski definition) is 3. The molecule has 240 valence electrons. The number of carbonyl (C=O) groups is 4. The van der Waals surface area contributed by atoms with Crippen molar-refractivity contribution in [3.05, 3.63) is 47.0 Å². The number of esters is 4. The first-order valence-electron chi connectivity index (χ1n) is 14.8. The van der Waals surface area contributed by atoms with E-state index in [9.17, 15) is 34.5 Å². The Morgan fingerprint density at radius 1 is 0.932 bits per heavy atom. The SMILES string of the molecule is CC(=O)OC1CCC2(OC(C)=O)C(OC(C)=O)C(O)C3=C(C)C(O)CC3(C(C)(C)O)C3OCC1(OC(=O)c1ccccc1)C32. The summed E-state index contributed by atoms with van der Waals surface area (Å²) in [5.74, 6) is -4.27. The highest BCUT2D eigenvalue weighted by Gasteiger charge is 2.80. The van der Waals surface area contributed by atoms with Gasteiger partial charge in [0.1, 0.15) is 12.2 Å². The number of aliphatic hydroxyl groups excluding tert-OH is 2. The van der Waals surface area contributed by atoms with E-state index in [1.807, 2.05) is 0 Å². The van der Waals surface area contributed by atoms with Gasteiger partial charge in [0.25, 0.3) is 0 Å². The third-order valence-electron chi connectivity index (χ3n) is 9.98. The zero-order valence-corrected chi connectivity index (χ0v) is 25.7. The lowest BCUT2D eigenvalue weighted by Crippen LogP contribution is -2.71. The fourth-order valence-corrected chi connectivity index (χ4v) is 8.45. The number of benzene rings is 1. The van der Waals surface area contributed by atoms with Crippen molar-refractivity contribution in [3.8, 4) is 0 Å². The number of fused-ring (bicyclic) bond motifs is 2. The van der Waals surface area contributed by atoms with Crippen molar-refractivity contribution >= 4 is 23.9 Å². The van der Waals surface area contributed by atoms with Crippen LogP contribution in [-0.4, -0.2) is 93.1 Å². The molecule has 1 heterocycles. The Bertz CT molecular complexity index is 1380. The van der Waals surface area contributed by atoms with Crippen LogP contribution >= 0.6 is 0 Å². The van der Waals surface area contributed by atoms with Gasteiger partial charge in [0.15, 0.2) is 17.3 Å². The summed E-state index contributed by atoms with van der Waals surface area (Å²) in [7, 11) is 0. The van der Waals surface area contributed by atoms with Gasteiger partial charge in [-0.05, 0) is 63.3 Å². The zero-order chi connectivity index (χ0) is 32.4. The molecule has 1 aromatic rings. The molecule has 5 rings (SSSR count). The number of ether oxygens (including phenoxy) is 5. The van der Waals surface area contributed by atoms with Gasteiger partial charge in [-0.2, -0.15) is 0 Å². The van der Waals surface area contributed by atoms with E-state index < -0.39 is 82.5 Å². The smallest absolute Gasteiger partial charge is 0.338 e. The van der Waals surface area contributed by atoms with Gasteiger partial charge in [-0.3, -0.25) is 14.4 Å². The van der Waals surface area contributed by atoms with Crippen molar-refractivity contribution in [1.82, 2.24) is 0 Å². The Kier molecular flexibility index (Phi) is 7.97. The third kappa shape index (κ3) is 4.65. The van der Waals surface area contributed by atoms with Crippen LogP contribution in [0.3, 0.4) is 0 Å². The van der Waals surface area contributed by atoms with Crippen LogP contribution in [-0.2, 0) is 38.1 Å². The lowest BCUT2D eigenvalue weighted by Gasteiger charge is -2.55. The van der Waals surface area contributed by atoms with Crippen LogP contribution in [0.4, 0.5) is 0 Å². The molecule has 1 aromatic carbocycles. The number of rotatable bonds is 6. The summed E-state index contributed by atoms with van der Waals surface area (Å²) in [6.07, 6.45) is -6.91. The molecule has 0 radical (unpaired) electrons. The van der Waals surface area contributed by atoms with Gasteiger partial charge in [-0.25, -0.2) is 4.79 Å². The highest BCUT2D eigenvalue weighted by Crippen LogP contribution is 2.67. The van der Waals surface area contributed by atoms with Crippen LogP contribution in [0.25, 0.3) is 0 Å². The molecule has 0 spiro atoms. The normalized spacial score (nSPS) is 37.8. The lowest BCUT2D eigenvalue weighted by molar-refractivity contribution is -0.256. The summed E-state index contributed by atoms with van der Waals surface area (Å²) in [6, 6.07) is 8.12. The molecule has 3 fully saturated rings. The molecule has 0 aromatic heterocycles. The average Bonchev–Trinajstić information content (AvgIpc) is 3.43. The van der Waals surface area contributed by atoms with Crippen molar-refractivity contribution < 1.29 is 58.2 Å². The molecule has 2 saturated carbocycles. The third-order valence-corrected chi connectivity index (χ3v) is 9.98. The second kappa shape index (κ2) is 10.9. The molecular weight excluding hydrogens is 576 g/mol. The van der Waals surface area contributed by atoms with Gasteiger partial charge < -0.3 is 39.0 Å². The topological polar surface area (TPSA) is 175 Å². The Morgan fingerprint density at radius 2 is 1.57 bits per heavy atom. The molecule has 0 bridgehead atoms. The highest BCUT2D eigenvalue weighted by atomic mass is 16.6. The molecule has 0 amide bonds. The Hall–Kier alpha value is -3.32. The van der Waals surface area contributed by atoms with Crippen molar-refractivity contribution in [1.29, 1.82) is 0 Å². The second-order valence-electron chi connectivity index (χ2n) is 12.9. The van der Waals surface area contributed by atoms with E-state index in [0.717, 1.165) is 6.92 Å². The van der Waals surface area contributed by atoms with E-state index in [-0.39, 0.29) is 37.0 Å². The zero-order valence-electron chi connectivity index (χ0n) is 25.7. The van der Waals surface area contributed by atoms with Crippen LogP contribution in [0.5, 0.6) is 0 Å². The van der Waals surface area contributed by atoms with Gasteiger partial charge in [0, 0.05) is 20.8 Å². The van der Waals surface area contributed by atoms with Crippen LogP contribution in [0.15, 0.2) is 41.5 Å². The summed E-state index contributed by atoms with van der Waals surface area (Å²) in [5, 5.41) is 35.3. The van der Waals surface area contributed by atoms with E-state index in [1.54, 1.807) is 37.3 Å². The molecule has 3 aliphatic carbocycles. The molecule has 1 saturated heterocycles. The molecule has 4 aliphatic rings. The quantitative estimate of drug-likeness (QED) is 0.240. The monoisotopic (exact) mass is 616 g/mol. The predicted molar refractivity (Wildman–Crippen MR) is 151 cm³/mol. The highest BCUT2D eigenvalue weighted by molar-refractivity contribution is 5.89. The fraction of sp³-hybridized carbons (Fsp3) is 0.625. The molecule has 9 atom stereocenters. The Morgan fingerprint density at radius 3 is 2.14 bits per heavy atom. The maximum absolute atomic E-state index is 13.8. The number of carbonyl (C=O) groups excluding carboxylic acids is 4. The summed E-state index contributed by atoms with van der Waals surface area (Å²) in [4.78, 5) is 51.8. The van der Waals surface area contributed by atoms with Crippen molar-refractivity contribution in [2.45, 2.75) is 108 Å². The summed E-state index contributed by atoms with van der Waals surface area (Å²) >= 11 is 0. The largest absolute Gasteiger partial charge is 0.458 e. The molecule has 1 aliphatic heterocycles. The van der Waals surface area contributed by atoms with Crippen LogP contribution < -0.4 is 0 Å². The second-order valence-corrected chi connectivity index (χ2v) is 12.9. The summed E-state index contributed by atoms with van der Waals surface area (Å²) in [6.45, 7) is 7.79. The first kappa shape index (κ1) is 32.1. The maximum atomic E-state index is 13.8. The van der Waals surface area contributed by atoms with Gasteiger partial charge >= 0.3 is 23.9 Å². The summed E-state index contributed by atoms with van der Waals surface area (Å²) < 4.78 is 30.6. The lowest BCUT2D eigenvalue weighted by atomic mass is 9.56. The standard InChI is InChI=1S/C32H40O12/c1-16-21(36)14-30(29(5,6)39)23(16)24(37)26(42-18(3)34)31(43-19(4)35)13-12-22(41-17(2)33)32(15-40-27(30)25(31)32)44-28(38)20-10-8-7-9-11-20/h7-11,21-22,24-27,36-37,39H,12-15H2,1-6H3. The molecule has 9 unspecified atom stereocenters. The fourth-order valence-electron chi connectivity index (χ4n) is 8.45. The van der Waals surface area contributed by atoms with Crippen molar-refractivity contribution in [2.24, 2.45) is 11.3 Å². The molecule has 12 heteroatoms. The first-order chi connectivity index (χ1) is 20.5. The minimum absolute atomic E-state index is 0.0256. The van der Waals surface area contributed by atoms with E-state index in [2.05, 4.69) is 0 Å². The average molecular weight is 617 g/mol. The van der Waals surface area contributed by atoms with Crippen LogP contribution in [0.2, 0.25) is 0 Å². The maximum Gasteiger partial charge on any atom is 0.338 e. The van der Waals surface area contributed by atoms with Gasteiger partial charge in [-0.1, -0.05) is 18.2 Å². The van der Waals surface area contributed by atoms with E-state index in [0.29, 0.717) is 5.57 Å². The van der Waals surface area contributed by atoms with Crippen LogP contribution in [0, 0.1) is 11.3 Å².